The van der Waals surface area contributed by atoms with Gasteiger partial charge in [0.05, 0.1) is 4.90 Å². The van der Waals surface area contributed by atoms with Gasteiger partial charge in [0.15, 0.2) is 0 Å². The third-order valence-electron chi connectivity index (χ3n) is 3.15. The van der Waals surface area contributed by atoms with Gasteiger partial charge >= 0.3 is 6.18 Å². The van der Waals surface area contributed by atoms with E-state index in [1.807, 2.05) is 0 Å². The third kappa shape index (κ3) is 3.41. The van der Waals surface area contributed by atoms with E-state index in [0.29, 0.717) is 10.2 Å². The Bertz CT molecular complexity index is 686. The second-order valence-electron chi connectivity index (χ2n) is 4.52. The van der Waals surface area contributed by atoms with Gasteiger partial charge < -0.3 is 5.73 Å². The zero-order chi connectivity index (χ0) is 15.8. The number of sulfonamides is 1. The van der Waals surface area contributed by atoms with Crippen molar-refractivity contribution in [1.29, 1.82) is 0 Å². The average Bonchev–Trinajstić information content (AvgIpc) is 2.41. The second kappa shape index (κ2) is 5.62. The van der Waals surface area contributed by atoms with Gasteiger partial charge in [-0.05, 0) is 40.5 Å². The largest absolute Gasteiger partial charge is 0.412 e. The number of alkyl halides is 3. The minimum Gasteiger partial charge on any atom is -0.398 e. The number of rotatable bonds is 2. The maximum absolute atomic E-state index is 12.5. The van der Waals surface area contributed by atoms with E-state index in [2.05, 4.69) is 15.9 Å². The van der Waals surface area contributed by atoms with E-state index in [1.165, 1.54) is 18.2 Å². The minimum absolute atomic E-state index is 0.00701. The lowest BCUT2D eigenvalue weighted by molar-refractivity contribution is -0.0953. The highest BCUT2D eigenvalue weighted by Crippen LogP contribution is 2.32. The quantitative estimate of drug-likeness (QED) is 0.629. The number of nitrogens with zero attached hydrogens (tertiary/aromatic N) is 1. The lowest BCUT2D eigenvalue weighted by atomic mass is 10.1. The summed E-state index contributed by atoms with van der Waals surface area (Å²) in [6.45, 7) is -0.491. The van der Waals surface area contributed by atoms with Gasteiger partial charge in [0.2, 0.25) is 10.0 Å². The van der Waals surface area contributed by atoms with E-state index in [1.54, 1.807) is 0 Å². The second-order valence-corrected chi connectivity index (χ2v) is 7.32. The van der Waals surface area contributed by atoms with Crippen LogP contribution in [0.3, 0.4) is 0 Å². The molecule has 1 aliphatic heterocycles. The monoisotopic (exact) mass is 384 g/mol. The molecule has 0 aliphatic carbocycles. The number of anilines is 1. The summed E-state index contributed by atoms with van der Waals surface area (Å²) in [6.07, 6.45) is -3.84. The van der Waals surface area contributed by atoms with Crippen molar-refractivity contribution in [3.63, 3.8) is 0 Å². The van der Waals surface area contributed by atoms with Crippen molar-refractivity contribution in [1.82, 2.24) is 4.31 Å². The SMILES string of the molecule is Nc1ccc(S(=O)(=O)N2CC=C(C(F)(F)F)CC2)cc1Br. The zero-order valence-electron chi connectivity index (χ0n) is 10.7. The fourth-order valence-corrected chi connectivity index (χ4v) is 3.88. The van der Waals surface area contributed by atoms with Gasteiger partial charge in [-0.25, -0.2) is 8.42 Å². The van der Waals surface area contributed by atoms with Crippen LogP contribution in [0.5, 0.6) is 0 Å². The fraction of sp³-hybridized carbons (Fsp3) is 0.333. The first kappa shape index (κ1) is 16.3. The molecule has 1 aliphatic rings. The molecule has 0 fully saturated rings. The smallest absolute Gasteiger partial charge is 0.398 e. The van der Waals surface area contributed by atoms with Crippen LogP contribution in [0.25, 0.3) is 0 Å². The lowest BCUT2D eigenvalue weighted by Gasteiger charge is -2.26. The molecule has 0 atom stereocenters. The van der Waals surface area contributed by atoms with E-state index >= 15 is 0 Å². The first-order valence-corrected chi connectivity index (χ1v) is 8.17. The highest BCUT2D eigenvalue weighted by molar-refractivity contribution is 9.10. The molecule has 0 unspecified atom stereocenters. The molecule has 2 rings (SSSR count). The van der Waals surface area contributed by atoms with Gasteiger partial charge in [0.25, 0.3) is 0 Å². The third-order valence-corrected chi connectivity index (χ3v) is 5.69. The summed E-state index contributed by atoms with van der Waals surface area (Å²) in [5.41, 5.74) is 5.28. The molecule has 21 heavy (non-hydrogen) atoms. The summed E-state index contributed by atoms with van der Waals surface area (Å²) >= 11 is 3.13. The fourth-order valence-electron chi connectivity index (χ4n) is 1.94. The van der Waals surface area contributed by atoms with Crippen LogP contribution in [0.4, 0.5) is 18.9 Å². The Morgan fingerprint density at radius 2 is 1.95 bits per heavy atom. The van der Waals surface area contributed by atoms with Crippen molar-refractivity contribution < 1.29 is 21.6 Å². The highest BCUT2D eigenvalue weighted by atomic mass is 79.9. The van der Waals surface area contributed by atoms with E-state index in [4.69, 9.17) is 5.73 Å². The molecule has 4 nitrogen and oxygen atoms in total. The Hall–Kier alpha value is -1.06. The molecule has 0 radical (unpaired) electrons. The van der Waals surface area contributed by atoms with Crippen LogP contribution >= 0.6 is 15.9 Å². The molecule has 0 bridgehead atoms. The summed E-state index contributed by atoms with van der Waals surface area (Å²) < 4.78 is 63.7. The molecule has 0 saturated carbocycles. The number of benzene rings is 1. The molecule has 0 aromatic heterocycles. The summed E-state index contributed by atoms with van der Waals surface area (Å²) in [5.74, 6) is 0. The van der Waals surface area contributed by atoms with Gasteiger partial charge in [-0.15, -0.1) is 0 Å². The van der Waals surface area contributed by atoms with Gasteiger partial charge in [-0.3, -0.25) is 0 Å². The molecule has 1 aromatic rings. The van der Waals surface area contributed by atoms with E-state index in [9.17, 15) is 21.6 Å². The van der Waals surface area contributed by atoms with Crippen LogP contribution in [-0.4, -0.2) is 32.0 Å². The van der Waals surface area contributed by atoms with Crippen LogP contribution in [0.2, 0.25) is 0 Å². The van der Waals surface area contributed by atoms with Crippen LogP contribution in [0.15, 0.2) is 39.2 Å². The van der Waals surface area contributed by atoms with Crippen molar-refractivity contribution in [2.45, 2.75) is 17.5 Å². The number of hydrogen-bond acceptors (Lipinski definition) is 3. The first-order chi connectivity index (χ1) is 9.62. The predicted octanol–water partition coefficient (Wildman–Crippen LogP) is 2.91. The number of hydrogen-bond donors (Lipinski definition) is 1. The minimum atomic E-state index is -4.40. The molecule has 2 N–H and O–H groups in total. The van der Waals surface area contributed by atoms with E-state index < -0.39 is 21.8 Å². The van der Waals surface area contributed by atoms with Crippen molar-refractivity contribution in [3.8, 4) is 0 Å². The number of nitrogens with two attached hydrogens (primary N) is 1. The average molecular weight is 385 g/mol. The van der Waals surface area contributed by atoms with Gasteiger partial charge in [0.1, 0.15) is 0 Å². The molecule has 0 spiro atoms. The molecule has 1 heterocycles. The Labute approximate surface area is 128 Å². The molecule has 1 aromatic carbocycles. The standard InChI is InChI=1S/C12H12BrF3N2O2S/c13-10-7-9(1-2-11(10)17)21(19,20)18-5-3-8(4-6-18)12(14,15)16/h1-3,7H,4-6,17H2. The predicted molar refractivity (Wildman–Crippen MR) is 76.1 cm³/mol. The molecule has 0 amide bonds. The Morgan fingerprint density at radius 3 is 2.43 bits per heavy atom. The van der Waals surface area contributed by atoms with Gasteiger partial charge in [-0.2, -0.15) is 17.5 Å². The number of nitrogen functional groups attached to an aromatic ring is 1. The lowest BCUT2D eigenvalue weighted by Crippen LogP contribution is -2.36. The van der Waals surface area contributed by atoms with E-state index in [-0.39, 0.29) is 24.4 Å². The summed E-state index contributed by atoms with van der Waals surface area (Å²) in [5, 5.41) is 0. The Kier molecular flexibility index (Phi) is 4.36. The summed E-state index contributed by atoms with van der Waals surface area (Å²) in [4.78, 5) is -0.00701. The van der Waals surface area contributed by atoms with Gasteiger partial charge in [-0.1, -0.05) is 6.08 Å². The van der Waals surface area contributed by atoms with E-state index in [0.717, 1.165) is 10.4 Å². The van der Waals surface area contributed by atoms with Crippen molar-refractivity contribution in [2.75, 3.05) is 18.8 Å². The van der Waals surface area contributed by atoms with Crippen LogP contribution in [-0.2, 0) is 10.0 Å². The number of halogens is 4. The first-order valence-electron chi connectivity index (χ1n) is 5.94. The van der Waals surface area contributed by atoms with Crippen LogP contribution in [0, 0.1) is 0 Å². The van der Waals surface area contributed by atoms with Crippen LogP contribution < -0.4 is 5.73 Å². The highest BCUT2D eigenvalue weighted by Gasteiger charge is 2.37. The Balaban J connectivity index is 2.26. The molecule has 0 saturated heterocycles. The van der Waals surface area contributed by atoms with Gasteiger partial charge in [0, 0.05) is 28.8 Å². The molecular formula is C12H12BrF3N2O2S. The summed E-state index contributed by atoms with van der Waals surface area (Å²) in [6, 6.07) is 4.10. The molecule has 116 valence electrons. The zero-order valence-corrected chi connectivity index (χ0v) is 13.1. The maximum atomic E-state index is 12.5. The summed E-state index contributed by atoms with van der Waals surface area (Å²) in [7, 11) is -3.83. The Morgan fingerprint density at radius 1 is 1.29 bits per heavy atom. The molecule has 9 heteroatoms. The molecular weight excluding hydrogens is 373 g/mol. The van der Waals surface area contributed by atoms with Crippen molar-refractivity contribution in [2.24, 2.45) is 0 Å². The maximum Gasteiger partial charge on any atom is 0.412 e. The normalized spacial score (nSPS) is 17.6. The van der Waals surface area contributed by atoms with Crippen molar-refractivity contribution >= 4 is 31.6 Å². The van der Waals surface area contributed by atoms with Crippen molar-refractivity contribution in [3.05, 3.63) is 34.3 Å². The van der Waals surface area contributed by atoms with Crippen LogP contribution in [0.1, 0.15) is 6.42 Å². The topological polar surface area (TPSA) is 63.4 Å².